The molecule has 220 valence electrons. The number of rotatable bonds is 11. The van der Waals surface area contributed by atoms with E-state index >= 15 is 0 Å². The second-order valence-corrected chi connectivity index (χ2v) is 11.5. The van der Waals surface area contributed by atoms with E-state index in [-0.39, 0.29) is 19.1 Å². The highest BCUT2D eigenvalue weighted by Gasteiger charge is 2.78. The summed E-state index contributed by atoms with van der Waals surface area (Å²) >= 11 is 0. The number of aliphatic hydroxyl groups excluding tert-OH is 1. The van der Waals surface area contributed by atoms with Crippen LogP contribution in [0.25, 0.3) is 0 Å². The van der Waals surface area contributed by atoms with Gasteiger partial charge in [0.2, 0.25) is 11.8 Å². The second-order valence-electron chi connectivity index (χ2n) is 11.5. The molecule has 6 atom stereocenters. The Balaban J connectivity index is 1.52. The standard InChI is InChI=1S/C32H41N3O6/c1-5-34(6-2)23-15-13-22(14-16-23)33-28(37)27-32-18-17-31(4,41-32)26(30(39)40-7-3)25(32)29(38)35(27)24(20-36)19-21-11-9-8-10-12-21/h8-16,24-27,36H,5-7,17-20H2,1-4H3,(H,33,37)/t24-,25+,26-,27?,31+,32?/m1/s1. The van der Waals surface area contributed by atoms with Crippen LogP contribution in [0.15, 0.2) is 54.6 Å². The molecule has 9 heteroatoms. The summed E-state index contributed by atoms with van der Waals surface area (Å²) in [5.74, 6) is -2.92. The van der Waals surface area contributed by atoms with Crippen molar-refractivity contribution in [3.05, 3.63) is 60.2 Å². The van der Waals surface area contributed by atoms with E-state index in [0.717, 1.165) is 24.3 Å². The van der Waals surface area contributed by atoms with Crippen molar-refractivity contribution >= 4 is 29.2 Å². The number of likely N-dealkylation sites (tertiary alicyclic amines) is 1. The minimum Gasteiger partial charge on any atom is -0.466 e. The number of ether oxygens (including phenoxy) is 2. The lowest BCUT2D eigenvalue weighted by Gasteiger charge is -2.37. The molecule has 3 heterocycles. The van der Waals surface area contributed by atoms with E-state index in [1.54, 1.807) is 6.92 Å². The summed E-state index contributed by atoms with van der Waals surface area (Å²) in [6, 6.07) is 15.5. The van der Waals surface area contributed by atoms with Crippen molar-refractivity contribution in [1.82, 2.24) is 4.90 Å². The predicted molar refractivity (Wildman–Crippen MR) is 155 cm³/mol. The zero-order valence-electron chi connectivity index (χ0n) is 24.3. The summed E-state index contributed by atoms with van der Waals surface area (Å²) in [4.78, 5) is 45.5. The van der Waals surface area contributed by atoms with Crippen LogP contribution in [0.2, 0.25) is 0 Å². The Morgan fingerprint density at radius 2 is 1.78 bits per heavy atom. The summed E-state index contributed by atoms with van der Waals surface area (Å²) in [6.07, 6.45) is 1.34. The van der Waals surface area contributed by atoms with Crippen molar-refractivity contribution in [3.63, 3.8) is 0 Å². The first-order valence-corrected chi connectivity index (χ1v) is 14.7. The van der Waals surface area contributed by atoms with Gasteiger partial charge in [0.1, 0.15) is 17.6 Å². The van der Waals surface area contributed by atoms with Crippen LogP contribution in [0.5, 0.6) is 0 Å². The Morgan fingerprint density at radius 3 is 2.39 bits per heavy atom. The SMILES string of the molecule is CCOC(=O)[C@H]1[C@H]2C(=O)N([C@@H](CO)Cc3ccccc3)C(C(=O)Nc3ccc(N(CC)CC)cc3)C23CC[C@]1(C)O3. The molecule has 2 amide bonds. The van der Waals surface area contributed by atoms with Crippen molar-refractivity contribution < 1.29 is 29.0 Å². The zero-order chi connectivity index (χ0) is 29.4. The van der Waals surface area contributed by atoms with Gasteiger partial charge in [0.25, 0.3) is 0 Å². The number of hydrogen-bond donors (Lipinski definition) is 2. The maximum Gasteiger partial charge on any atom is 0.312 e. The Morgan fingerprint density at radius 1 is 1.10 bits per heavy atom. The third-order valence-corrected chi connectivity index (χ3v) is 9.19. The van der Waals surface area contributed by atoms with Crippen molar-refractivity contribution in [2.75, 3.05) is 36.5 Å². The van der Waals surface area contributed by atoms with Gasteiger partial charge in [-0.1, -0.05) is 30.3 Å². The van der Waals surface area contributed by atoms with Gasteiger partial charge in [0.05, 0.1) is 30.8 Å². The molecule has 0 saturated carbocycles. The lowest BCUT2D eigenvalue weighted by atomic mass is 9.66. The molecule has 2 N–H and O–H groups in total. The van der Waals surface area contributed by atoms with E-state index in [4.69, 9.17) is 9.47 Å². The van der Waals surface area contributed by atoms with Crippen LogP contribution in [0.1, 0.15) is 46.1 Å². The first-order valence-electron chi connectivity index (χ1n) is 14.7. The number of esters is 1. The maximum atomic E-state index is 14.3. The molecule has 0 radical (unpaired) electrons. The van der Waals surface area contributed by atoms with Crippen LogP contribution in [0, 0.1) is 11.8 Å². The van der Waals surface area contributed by atoms with E-state index in [1.165, 1.54) is 4.90 Å². The number of carbonyl (C=O) groups is 3. The zero-order valence-corrected chi connectivity index (χ0v) is 24.3. The third-order valence-electron chi connectivity index (χ3n) is 9.19. The molecule has 1 spiro atoms. The highest BCUT2D eigenvalue weighted by Crippen LogP contribution is 2.63. The summed E-state index contributed by atoms with van der Waals surface area (Å²) < 4.78 is 12.0. The van der Waals surface area contributed by atoms with Crippen LogP contribution in [-0.2, 0) is 30.3 Å². The van der Waals surface area contributed by atoms with Crippen LogP contribution >= 0.6 is 0 Å². The van der Waals surface area contributed by atoms with Gasteiger partial charge in [-0.15, -0.1) is 0 Å². The first kappa shape index (κ1) is 29.1. The Hall–Kier alpha value is -3.43. The van der Waals surface area contributed by atoms with Crippen LogP contribution in [-0.4, -0.2) is 77.4 Å². The quantitative estimate of drug-likeness (QED) is 0.404. The number of benzene rings is 2. The summed E-state index contributed by atoms with van der Waals surface area (Å²) in [5.41, 5.74) is 0.479. The molecule has 2 aromatic rings. The van der Waals surface area contributed by atoms with Crippen molar-refractivity contribution in [2.24, 2.45) is 11.8 Å². The smallest absolute Gasteiger partial charge is 0.312 e. The number of fused-ring (bicyclic) bond motifs is 1. The average molecular weight is 564 g/mol. The minimum atomic E-state index is -1.20. The molecule has 2 bridgehead atoms. The molecule has 0 aliphatic carbocycles. The molecule has 41 heavy (non-hydrogen) atoms. The largest absolute Gasteiger partial charge is 0.466 e. The molecule has 9 nitrogen and oxygen atoms in total. The summed E-state index contributed by atoms with van der Waals surface area (Å²) in [7, 11) is 0. The van der Waals surface area contributed by atoms with E-state index in [9.17, 15) is 19.5 Å². The number of aliphatic hydroxyl groups is 1. The number of amides is 2. The molecular formula is C32H41N3O6. The van der Waals surface area contributed by atoms with E-state index in [1.807, 2.05) is 61.5 Å². The molecule has 2 aromatic carbocycles. The number of nitrogens with zero attached hydrogens (tertiary/aromatic N) is 2. The number of carbonyl (C=O) groups excluding carboxylic acids is 3. The molecule has 2 unspecified atom stereocenters. The Labute approximate surface area is 241 Å². The normalized spacial score (nSPS) is 28.9. The number of anilines is 2. The summed E-state index contributed by atoms with van der Waals surface area (Å²) in [5, 5.41) is 13.6. The first-order chi connectivity index (χ1) is 19.7. The van der Waals surface area contributed by atoms with E-state index in [0.29, 0.717) is 24.9 Å². The minimum absolute atomic E-state index is 0.184. The van der Waals surface area contributed by atoms with Gasteiger partial charge in [-0.05, 0) is 76.8 Å². The third kappa shape index (κ3) is 4.89. The van der Waals surface area contributed by atoms with E-state index in [2.05, 4.69) is 24.1 Å². The predicted octanol–water partition coefficient (Wildman–Crippen LogP) is 3.40. The molecule has 3 saturated heterocycles. The van der Waals surface area contributed by atoms with Gasteiger partial charge >= 0.3 is 5.97 Å². The van der Waals surface area contributed by atoms with Gasteiger partial charge in [-0.25, -0.2) is 0 Å². The lowest BCUT2D eigenvalue weighted by Crippen LogP contribution is -2.57. The monoisotopic (exact) mass is 563 g/mol. The number of nitrogens with one attached hydrogen (secondary N) is 1. The highest BCUT2D eigenvalue weighted by molar-refractivity contribution is 6.03. The van der Waals surface area contributed by atoms with Crippen molar-refractivity contribution in [3.8, 4) is 0 Å². The van der Waals surface area contributed by atoms with Gasteiger partial charge in [0, 0.05) is 24.5 Å². The molecule has 3 fully saturated rings. The van der Waals surface area contributed by atoms with Gasteiger partial charge in [0.15, 0.2) is 0 Å². The van der Waals surface area contributed by atoms with Gasteiger partial charge in [-0.2, -0.15) is 0 Å². The fourth-order valence-electron chi connectivity index (χ4n) is 7.34. The maximum absolute atomic E-state index is 14.3. The molecule has 0 aromatic heterocycles. The second kappa shape index (κ2) is 11.4. The fourth-order valence-corrected chi connectivity index (χ4v) is 7.34. The van der Waals surface area contributed by atoms with Gasteiger partial charge in [-0.3, -0.25) is 14.4 Å². The molecular weight excluding hydrogens is 522 g/mol. The highest BCUT2D eigenvalue weighted by atomic mass is 16.6. The van der Waals surface area contributed by atoms with Crippen LogP contribution < -0.4 is 10.2 Å². The lowest BCUT2D eigenvalue weighted by molar-refractivity contribution is -0.160. The van der Waals surface area contributed by atoms with Crippen molar-refractivity contribution in [1.29, 1.82) is 0 Å². The Kier molecular flexibility index (Phi) is 8.12. The Bertz CT molecular complexity index is 1270. The summed E-state index contributed by atoms with van der Waals surface area (Å²) in [6.45, 7) is 9.34. The topological polar surface area (TPSA) is 108 Å². The fraction of sp³-hybridized carbons (Fsp3) is 0.531. The van der Waals surface area contributed by atoms with Crippen molar-refractivity contribution in [2.45, 2.75) is 70.2 Å². The van der Waals surface area contributed by atoms with Crippen LogP contribution in [0.4, 0.5) is 11.4 Å². The molecule has 3 aliphatic rings. The number of hydrogen-bond acceptors (Lipinski definition) is 7. The van der Waals surface area contributed by atoms with Gasteiger partial charge < -0.3 is 29.7 Å². The molecule has 3 aliphatic heterocycles. The van der Waals surface area contributed by atoms with E-state index < -0.39 is 47.0 Å². The molecule has 5 rings (SSSR count). The average Bonchev–Trinajstić information content (AvgIpc) is 3.54. The van der Waals surface area contributed by atoms with Crippen LogP contribution in [0.3, 0.4) is 0 Å².